The number of rotatable bonds is 5. The highest BCUT2D eigenvalue weighted by atomic mass is 16.5. The standard InChI is InChI=1S/C20H21NO6/c1-24-13-5-6-14-15(11-13)21(8-7-16(14)22)20(23)12-9-17(25-2)19(27-4)18(10-12)26-3/h5-6,9-11H,7-8H2,1-4H3. The second-order valence-corrected chi connectivity index (χ2v) is 5.93. The highest BCUT2D eigenvalue weighted by Crippen LogP contribution is 2.39. The van der Waals surface area contributed by atoms with Crippen molar-refractivity contribution in [1.29, 1.82) is 0 Å². The number of methoxy groups -OCH3 is 4. The third-order valence-corrected chi connectivity index (χ3v) is 4.52. The fourth-order valence-electron chi connectivity index (χ4n) is 3.14. The van der Waals surface area contributed by atoms with Gasteiger partial charge in [0.2, 0.25) is 5.75 Å². The molecule has 7 nitrogen and oxygen atoms in total. The third kappa shape index (κ3) is 3.28. The Morgan fingerprint density at radius 2 is 1.59 bits per heavy atom. The molecule has 0 aliphatic carbocycles. The Morgan fingerprint density at radius 3 is 2.15 bits per heavy atom. The van der Waals surface area contributed by atoms with E-state index in [1.165, 1.54) is 28.4 Å². The average molecular weight is 371 g/mol. The molecule has 0 N–H and O–H groups in total. The van der Waals surface area contributed by atoms with Gasteiger partial charge in [0.25, 0.3) is 5.91 Å². The first-order chi connectivity index (χ1) is 13.0. The van der Waals surface area contributed by atoms with Gasteiger partial charge in [-0.05, 0) is 24.3 Å². The quantitative estimate of drug-likeness (QED) is 0.805. The van der Waals surface area contributed by atoms with Gasteiger partial charge < -0.3 is 23.8 Å². The monoisotopic (exact) mass is 371 g/mol. The first-order valence-corrected chi connectivity index (χ1v) is 8.37. The lowest BCUT2D eigenvalue weighted by Gasteiger charge is -2.29. The Bertz CT molecular complexity index is 867. The molecular formula is C20H21NO6. The van der Waals surface area contributed by atoms with Gasteiger partial charge in [-0.25, -0.2) is 0 Å². The van der Waals surface area contributed by atoms with Crippen LogP contribution in [0.1, 0.15) is 27.1 Å². The molecule has 2 aromatic rings. The van der Waals surface area contributed by atoms with Gasteiger partial charge in [-0.1, -0.05) is 0 Å². The van der Waals surface area contributed by atoms with E-state index in [2.05, 4.69) is 0 Å². The number of carbonyl (C=O) groups excluding carboxylic acids is 2. The SMILES string of the molecule is COc1ccc2c(c1)N(C(=O)c1cc(OC)c(OC)c(OC)c1)CCC2=O. The molecule has 0 aromatic heterocycles. The second-order valence-electron chi connectivity index (χ2n) is 5.93. The van der Waals surface area contributed by atoms with E-state index < -0.39 is 0 Å². The van der Waals surface area contributed by atoms with Crippen LogP contribution in [-0.4, -0.2) is 46.7 Å². The van der Waals surface area contributed by atoms with E-state index in [1.54, 1.807) is 35.2 Å². The summed E-state index contributed by atoms with van der Waals surface area (Å²) in [6.45, 7) is 0.286. The molecule has 1 aliphatic heterocycles. The van der Waals surface area contributed by atoms with Crippen LogP contribution in [-0.2, 0) is 0 Å². The number of fused-ring (bicyclic) bond motifs is 1. The molecule has 0 unspecified atom stereocenters. The molecule has 0 atom stereocenters. The minimum Gasteiger partial charge on any atom is -0.497 e. The molecule has 2 aromatic carbocycles. The van der Waals surface area contributed by atoms with Gasteiger partial charge in [0.15, 0.2) is 17.3 Å². The zero-order valence-electron chi connectivity index (χ0n) is 15.7. The number of ketones is 1. The fourth-order valence-corrected chi connectivity index (χ4v) is 3.14. The molecule has 27 heavy (non-hydrogen) atoms. The first kappa shape index (κ1) is 18.6. The number of Topliss-reactive ketones (excluding diaryl/α,β-unsaturated/α-hetero) is 1. The lowest BCUT2D eigenvalue weighted by Crippen LogP contribution is -2.37. The van der Waals surface area contributed by atoms with Crippen LogP contribution in [0.15, 0.2) is 30.3 Å². The van der Waals surface area contributed by atoms with Gasteiger partial charge in [0.05, 0.1) is 34.1 Å². The third-order valence-electron chi connectivity index (χ3n) is 4.52. The van der Waals surface area contributed by atoms with E-state index in [4.69, 9.17) is 18.9 Å². The molecule has 1 aliphatic rings. The Kier molecular flexibility index (Phi) is 5.21. The van der Waals surface area contributed by atoms with Crippen molar-refractivity contribution in [3.05, 3.63) is 41.5 Å². The van der Waals surface area contributed by atoms with Crippen molar-refractivity contribution in [1.82, 2.24) is 0 Å². The smallest absolute Gasteiger partial charge is 0.258 e. The number of benzene rings is 2. The van der Waals surface area contributed by atoms with E-state index in [0.717, 1.165) is 0 Å². The van der Waals surface area contributed by atoms with E-state index in [1.807, 2.05) is 0 Å². The Morgan fingerprint density at radius 1 is 0.926 bits per heavy atom. The Labute approximate surface area is 157 Å². The number of hydrogen-bond acceptors (Lipinski definition) is 6. The molecule has 1 amide bonds. The molecule has 3 rings (SSSR count). The molecule has 0 bridgehead atoms. The fraction of sp³-hybridized carbons (Fsp3) is 0.300. The predicted molar refractivity (Wildman–Crippen MR) is 99.7 cm³/mol. The van der Waals surface area contributed by atoms with Gasteiger partial charge in [-0.2, -0.15) is 0 Å². The maximum atomic E-state index is 13.2. The number of anilines is 1. The number of amides is 1. The van der Waals surface area contributed by atoms with Crippen molar-refractivity contribution in [2.45, 2.75) is 6.42 Å². The van der Waals surface area contributed by atoms with Crippen LogP contribution in [0.25, 0.3) is 0 Å². The summed E-state index contributed by atoms with van der Waals surface area (Å²) in [5, 5.41) is 0. The van der Waals surface area contributed by atoms with E-state index >= 15 is 0 Å². The second kappa shape index (κ2) is 7.57. The molecule has 0 saturated carbocycles. The number of hydrogen-bond donors (Lipinski definition) is 0. The van der Waals surface area contributed by atoms with E-state index in [-0.39, 0.29) is 24.7 Å². The minimum atomic E-state index is -0.267. The summed E-state index contributed by atoms with van der Waals surface area (Å²) in [6.07, 6.45) is 0.259. The molecule has 142 valence electrons. The van der Waals surface area contributed by atoms with Gasteiger partial charge in [0, 0.05) is 30.2 Å². The molecular weight excluding hydrogens is 350 g/mol. The summed E-state index contributed by atoms with van der Waals surface area (Å²) in [4.78, 5) is 27.0. The highest BCUT2D eigenvalue weighted by molar-refractivity contribution is 6.13. The number of nitrogens with zero attached hydrogens (tertiary/aromatic N) is 1. The van der Waals surface area contributed by atoms with Crippen molar-refractivity contribution in [3.8, 4) is 23.0 Å². The van der Waals surface area contributed by atoms with E-state index in [9.17, 15) is 9.59 Å². The van der Waals surface area contributed by atoms with Crippen LogP contribution >= 0.6 is 0 Å². The zero-order chi connectivity index (χ0) is 19.6. The minimum absolute atomic E-state index is 0.00148. The number of ether oxygens (including phenoxy) is 4. The van der Waals surface area contributed by atoms with Gasteiger partial charge in [0.1, 0.15) is 5.75 Å². The van der Waals surface area contributed by atoms with Gasteiger partial charge >= 0.3 is 0 Å². The zero-order valence-corrected chi connectivity index (χ0v) is 15.7. The van der Waals surface area contributed by atoms with Crippen molar-refractivity contribution in [3.63, 3.8) is 0 Å². The topological polar surface area (TPSA) is 74.3 Å². The molecule has 1 heterocycles. The summed E-state index contributed by atoms with van der Waals surface area (Å²) in [5.41, 5.74) is 1.40. The lowest BCUT2D eigenvalue weighted by atomic mass is 9.99. The largest absolute Gasteiger partial charge is 0.497 e. The van der Waals surface area contributed by atoms with Gasteiger partial charge in [-0.3, -0.25) is 9.59 Å². The number of carbonyl (C=O) groups is 2. The predicted octanol–water partition coefficient (Wildman–Crippen LogP) is 2.95. The van der Waals surface area contributed by atoms with Crippen molar-refractivity contribution in [2.75, 3.05) is 39.9 Å². The summed E-state index contributed by atoms with van der Waals surface area (Å²) in [7, 11) is 6.02. The molecule has 0 radical (unpaired) electrons. The van der Waals surface area contributed by atoms with E-state index in [0.29, 0.717) is 39.8 Å². The Balaban J connectivity index is 2.07. The summed E-state index contributed by atoms with van der Waals surface area (Å²) < 4.78 is 21.2. The summed E-state index contributed by atoms with van der Waals surface area (Å²) in [5.74, 6) is 1.50. The molecule has 0 fully saturated rings. The van der Waals surface area contributed by atoms with Crippen LogP contribution in [0.5, 0.6) is 23.0 Å². The van der Waals surface area contributed by atoms with Gasteiger partial charge in [-0.15, -0.1) is 0 Å². The van der Waals surface area contributed by atoms with Crippen molar-refractivity contribution in [2.24, 2.45) is 0 Å². The molecule has 0 saturated heterocycles. The first-order valence-electron chi connectivity index (χ1n) is 8.37. The Hall–Kier alpha value is -3.22. The maximum Gasteiger partial charge on any atom is 0.258 e. The maximum absolute atomic E-state index is 13.2. The van der Waals surface area contributed by atoms with Crippen molar-refractivity contribution < 1.29 is 28.5 Å². The highest BCUT2D eigenvalue weighted by Gasteiger charge is 2.29. The van der Waals surface area contributed by atoms with Crippen LogP contribution < -0.4 is 23.8 Å². The summed E-state index contributed by atoms with van der Waals surface area (Å²) >= 11 is 0. The van der Waals surface area contributed by atoms with Crippen LogP contribution in [0.3, 0.4) is 0 Å². The lowest BCUT2D eigenvalue weighted by molar-refractivity contribution is 0.0954. The molecule has 0 spiro atoms. The van der Waals surface area contributed by atoms with Crippen molar-refractivity contribution >= 4 is 17.4 Å². The normalized spacial score (nSPS) is 13.0. The van der Waals surface area contributed by atoms with Crippen LogP contribution in [0.4, 0.5) is 5.69 Å². The van der Waals surface area contributed by atoms with Crippen LogP contribution in [0.2, 0.25) is 0 Å². The summed E-state index contributed by atoms with van der Waals surface area (Å²) in [6, 6.07) is 8.29. The average Bonchev–Trinajstić information content (AvgIpc) is 2.71. The van der Waals surface area contributed by atoms with Crippen LogP contribution in [0, 0.1) is 0 Å². The molecule has 7 heteroatoms.